The number of nitrogens with zero attached hydrogens (tertiary/aromatic N) is 4. The molecule has 0 saturated carbocycles. The van der Waals surface area contributed by atoms with Gasteiger partial charge in [0.2, 0.25) is 0 Å². The van der Waals surface area contributed by atoms with Crippen molar-refractivity contribution in [3.8, 4) is 17.3 Å². The first-order valence-corrected chi connectivity index (χ1v) is 15.1. The van der Waals surface area contributed by atoms with Crippen LogP contribution in [0.5, 0.6) is 11.5 Å². The maximum absolute atomic E-state index is 6.51. The second-order valence-electron chi connectivity index (χ2n) is 11.8. The predicted octanol–water partition coefficient (Wildman–Crippen LogP) is 9.69. The number of hydrogen-bond donors (Lipinski definition) is 0. The van der Waals surface area contributed by atoms with E-state index in [9.17, 15) is 0 Å². The highest BCUT2D eigenvalue weighted by atomic mass is 32.1. The standard InChI is InChI=1S/C36H30N4OS/c1-36(2,3)39-20-19-38(23-39)24-9-8-10-25(21-24)41-26-14-15-27-28-16-17-32-34(29-11-4-5-12-31(29)42-32)35(28)40(30(27)22-26)33-13-6-7-18-37-33/h4-22H,23H2,1-3H3. The molecule has 5 nitrogen and oxygen atoms in total. The fraction of sp³-hybridized carbons (Fsp3) is 0.139. The van der Waals surface area contributed by atoms with E-state index in [1.165, 1.54) is 36.5 Å². The van der Waals surface area contributed by atoms with Gasteiger partial charge >= 0.3 is 0 Å². The van der Waals surface area contributed by atoms with Crippen molar-refractivity contribution < 1.29 is 4.74 Å². The van der Waals surface area contributed by atoms with Crippen LogP contribution in [0.25, 0.3) is 47.8 Å². The molecule has 7 aromatic rings. The van der Waals surface area contributed by atoms with Gasteiger partial charge in [-0.2, -0.15) is 0 Å². The molecule has 4 aromatic carbocycles. The van der Waals surface area contributed by atoms with Gasteiger partial charge in [0.25, 0.3) is 0 Å². The first-order chi connectivity index (χ1) is 20.4. The van der Waals surface area contributed by atoms with Crippen LogP contribution in [-0.2, 0) is 0 Å². The first kappa shape index (κ1) is 24.9. The highest BCUT2D eigenvalue weighted by molar-refractivity contribution is 7.26. The van der Waals surface area contributed by atoms with Crippen LogP contribution in [-0.4, -0.2) is 26.7 Å². The van der Waals surface area contributed by atoms with Gasteiger partial charge in [0.15, 0.2) is 0 Å². The highest BCUT2D eigenvalue weighted by Gasteiger charge is 2.24. The van der Waals surface area contributed by atoms with Crippen molar-refractivity contribution in [2.75, 3.05) is 11.6 Å². The van der Waals surface area contributed by atoms with E-state index >= 15 is 0 Å². The molecule has 8 rings (SSSR count). The molecule has 0 bridgehead atoms. The van der Waals surface area contributed by atoms with Gasteiger partial charge in [-0.05, 0) is 69.3 Å². The van der Waals surface area contributed by atoms with Crippen LogP contribution < -0.4 is 9.64 Å². The minimum absolute atomic E-state index is 0.0712. The number of hydrogen-bond acceptors (Lipinski definition) is 5. The van der Waals surface area contributed by atoms with Crippen molar-refractivity contribution in [3.05, 3.63) is 116 Å². The summed E-state index contributed by atoms with van der Waals surface area (Å²) in [4.78, 5) is 9.37. The van der Waals surface area contributed by atoms with Gasteiger partial charge in [0.05, 0.1) is 17.7 Å². The summed E-state index contributed by atoms with van der Waals surface area (Å²) in [5.74, 6) is 2.49. The molecule has 0 spiro atoms. The average molecular weight is 567 g/mol. The molecule has 4 heterocycles. The molecule has 0 N–H and O–H groups in total. The predicted molar refractivity (Wildman–Crippen MR) is 176 cm³/mol. The smallest absolute Gasteiger partial charge is 0.137 e. The summed E-state index contributed by atoms with van der Waals surface area (Å²) in [6.45, 7) is 7.50. The Kier molecular flexibility index (Phi) is 5.56. The normalized spacial score (nSPS) is 13.8. The van der Waals surface area contributed by atoms with Gasteiger partial charge in [-0.15, -0.1) is 11.3 Å². The summed E-state index contributed by atoms with van der Waals surface area (Å²) >= 11 is 1.84. The van der Waals surface area contributed by atoms with Crippen molar-refractivity contribution in [3.63, 3.8) is 0 Å². The minimum atomic E-state index is 0.0712. The van der Waals surface area contributed by atoms with Crippen LogP contribution in [0, 0.1) is 0 Å². The number of anilines is 1. The van der Waals surface area contributed by atoms with Crippen LogP contribution in [0.2, 0.25) is 0 Å². The molecule has 0 saturated heterocycles. The number of fused-ring (bicyclic) bond motifs is 7. The van der Waals surface area contributed by atoms with E-state index in [-0.39, 0.29) is 5.54 Å². The van der Waals surface area contributed by atoms with E-state index < -0.39 is 0 Å². The van der Waals surface area contributed by atoms with Gasteiger partial charge in [-0.25, -0.2) is 4.98 Å². The lowest BCUT2D eigenvalue weighted by Crippen LogP contribution is -2.39. The third-order valence-corrected chi connectivity index (χ3v) is 9.23. The van der Waals surface area contributed by atoms with Crippen LogP contribution in [0.1, 0.15) is 20.8 Å². The Bertz CT molecular complexity index is 2150. The highest BCUT2D eigenvalue weighted by Crippen LogP contribution is 2.43. The maximum atomic E-state index is 6.51. The number of rotatable bonds is 4. The van der Waals surface area contributed by atoms with Crippen LogP contribution in [0.4, 0.5) is 5.69 Å². The Balaban J connectivity index is 1.26. The van der Waals surface area contributed by atoms with Crippen LogP contribution in [0.3, 0.4) is 0 Å². The van der Waals surface area contributed by atoms with Crippen molar-refractivity contribution >= 4 is 59.0 Å². The zero-order valence-corrected chi connectivity index (χ0v) is 24.6. The third-order valence-electron chi connectivity index (χ3n) is 8.10. The van der Waals surface area contributed by atoms with Crippen molar-refractivity contribution in [1.29, 1.82) is 0 Å². The molecule has 0 radical (unpaired) electrons. The third kappa shape index (κ3) is 4.02. The molecule has 0 aliphatic carbocycles. The summed E-state index contributed by atoms with van der Waals surface area (Å²) in [6.07, 6.45) is 6.15. The van der Waals surface area contributed by atoms with E-state index in [4.69, 9.17) is 9.72 Å². The van der Waals surface area contributed by atoms with Crippen LogP contribution in [0.15, 0.2) is 116 Å². The molecular weight excluding hydrogens is 536 g/mol. The fourth-order valence-corrected chi connectivity index (χ4v) is 7.07. The van der Waals surface area contributed by atoms with E-state index in [1.807, 2.05) is 35.7 Å². The molecule has 0 fully saturated rings. The molecule has 1 aliphatic rings. The molecule has 3 aromatic heterocycles. The Morgan fingerprint density at radius 2 is 1.57 bits per heavy atom. The van der Waals surface area contributed by atoms with Crippen molar-refractivity contribution in [2.45, 2.75) is 26.3 Å². The lowest BCUT2D eigenvalue weighted by atomic mass is 10.1. The van der Waals surface area contributed by atoms with E-state index in [0.29, 0.717) is 0 Å². The Morgan fingerprint density at radius 1 is 0.738 bits per heavy atom. The van der Waals surface area contributed by atoms with E-state index in [2.05, 4.69) is 126 Å². The zero-order chi connectivity index (χ0) is 28.4. The lowest BCUT2D eigenvalue weighted by molar-refractivity contribution is 0.223. The van der Waals surface area contributed by atoms with Gasteiger partial charge in [0.1, 0.15) is 17.3 Å². The summed E-state index contributed by atoms with van der Waals surface area (Å²) in [7, 11) is 0. The molecule has 6 heteroatoms. The first-order valence-electron chi connectivity index (χ1n) is 14.2. The molecular formula is C36H30N4OS. The van der Waals surface area contributed by atoms with Gasteiger partial charge in [-0.3, -0.25) is 4.57 Å². The summed E-state index contributed by atoms with van der Waals surface area (Å²) in [5, 5.41) is 4.94. The van der Waals surface area contributed by atoms with Gasteiger partial charge in [-0.1, -0.05) is 36.4 Å². The fourth-order valence-electron chi connectivity index (χ4n) is 5.96. The molecule has 206 valence electrons. The van der Waals surface area contributed by atoms with Gasteiger partial charge in [0, 0.05) is 72.9 Å². The van der Waals surface area contributed by atoms with Gasteiger partial charge < -0.3 is 14.5 Å². The SMILES string of the molecule is CC(C)(C)N1C=CN(c2cccc(Oc3ccc4c5ccc6sc7ccccc7c6c5n(-c5ccccn5)c4c3)c2)C1. The van der Waals surface area contributed by atoms with E-state index in [1.54, 1.807) is 0 Å². The monoisotopic (exact) mass is 566 g/mol. The Labute approximate surface area is 248 Å². The summed E-state index contributed by atoms with van der Waals surface area (Å²) in [6, 6.07) is 34.0. The van der Waals surface area contributed by atoms with Crippen molar-refractivity contribution in [2.24, 2.45) is 0 Å². The van der Waals surface area contributed by atoms with Crippen LogP contribution >= 0.6 is 11.3 Å². The summed E-state index contributed by atoms with van der Waals surface area (Å²) in [5.41, 5.74) is 3.43. The molecule has 1 aliphatic heterocycles. The second kappa shape index (κ2) is 9.36. The number of pyridine rings is 1. The number of aromatic nitrogens is 2. The quantitative estimate of drug-likeness (QED) is 0.212. The topological polar surface area (TPSA) is 33.5 Å². The maximum Gasteiger partial charge on any atom is 0.137 e. The average Bonchev–Trinajstić information content (AvgIpc) is 3.72. The largest absolute Gasteiger partial charge is 0.457 e. The van der Waals surface area contributed by atoms with Crippen molar-refractivity contribution in [1.82, 2.24) is 14.5 Å². The second-order valence-corrected chi connectivity index (χ2v) is 12.9. The number of ether oxygens (including phenoxy) is 1. The molecule has 0 atom stereocenters. The zero-order valence-electron chi connectivity index (χ0n) is 23.8. The Hall–Kier alpha value is -4.81. The lowest BCUT2D eigenvalue weighted by Gasteiger charge is -2.33. The molecule has 42 heavy (non-hydrogen) atoms. The summed E-state index contributed by atoms with van der Waals surface area (Å²) < 4.78 is 11.4. The van der Waals surface area contributed by atoms with E-state index in [0.717, 1.165) is 35.2 Å². The molecule has 0 unspecified atom stereocenters. The number of benzene rings is 4. The minimum Gasteiger partial charge on any atom is -0.457 e. The Morgan fingerprint density at radius 3 is 2.40 bits per heavy atom. The number of thiophene rings is 1. The molecule has 0 amide bonds.